The second-order valence-electron chi connectivity index (χ2n) is 4.73. The maximum Gasteiger partial charge on any atom is 0.123 e. The van der Waals surface area contributed by atoms with Gasteiger partial charge in [0.1, 0.15) is 5.82 Å². The normalized spacial score (nSPS) is 12.6. The molecule has 20 heavy (non-hydrogen) atoms. The number of hydrogen-bond donors (Lipinski definition) is 1. The van der Waals surface area contributed by atoms with E-state index in [4.69, 9.17) is 11.6 Å². The van der Waals surface area contributed by atoms with Gasteiger partial charge in [-0.1, -0.05) is 18.5 Å². The third-order valence-electron chi connectivity index (χ3n) is 3.06. The van der Waals surface area contributed by atoms with E-state index in [2.05, 4.69) is 17.2 Å². The Labute approximate surface area is 128 Å². The quantitative estimate of drug-likeness (QED) is 0.848. The van der Waals surface area contributed by atoms with Gasteiger partial charge in [0.25, 0.3) is 0 Å². The summed E-state index contributed by atoms with van der Waals surface area (Å²) in [6.07, 6.45) is 3.60. The number of aromatic nitrogens is 1. The summed E-state index contributed by atoms with van der Waals surface area (Å²) >= 11 is 7.83. The van der Waals surface area contributed by atoms with Crippen molar-refractivity contribution in [2.45, 2.75) is 32.7 Å². The first-order valence-corrected chi connectivity index (χ1v) is 7.89. The Morgan fingerprint density at radius 3 is 2.90 bits per heavy atom. The van der Waals surface area contributed by atoms with E-state index in [-0.39, 0.29) is 11.9 Å². The van der Waals surface area contributed by atoms with E-state index in [1.807, 2.05) is 13.1 Å². The first-order valence-electron chi connectivity index (χ1n) is 6.69. The van der Waals surface area contributed by atoms with E-state index in [1.54, 1.807) is 17.4 Å². The van der Waals surface area contributed by atoms with Gasteiger partial charge in [0, 0.05) is 22.1 Å². The minimum absolute atomic E-state index is 0.125. The highest BCUT2D eigenvalue weighted by Crippen LogP contribution is 2.27. The van der Waals surface area contributed by atoms with Crippen LogP contribution in [0, 0.1) is 12.7 Å². The Hall–Kier alpha value is -0.970. The molecule has 1 N–H and O–H groups in total. The number of nitrogens with one attached hydrogen (secondary N) is 1. The predicted molar refractivity (Wildman–Crippen MR) is 83.0 cm³/mol. The molecule has 1 aromatic heterocycles. The van der Waals surface area contributed by atoms with Crippen LogP contribution in [-0.2, 0) is 6.42 Å². The van der Waals surface area contributed by atoms with Crippen LogP contribution < -0.4 is 5.32 Å². The first kappa shape index (κ1) is 15.4. The summed E-state index contributed by atoms with van der Waals surface area (Å²) in [4.78, 5) is 5.46. The fraction of sp³-hybridized carbons (Fsp3) is 0.400. The van der Waals surface area contributed by atoms with Crippen LogP contribution >= 0.6 is 22.9 Å². The number of halogens is 2. The minimum atomic E-state index is -0.251. The smallest absolute Gasteiger partial charge is 0.123 e. The molecule has 2 rings (SSSR count). The molecule has 1 unspecified atom stereocenters. The minimum Gasteiger partial charge on any atom is -0.309 e. The molecule has 0 bridgehead atoms. The topological polar surface area (TPSA) is 24.9 Å². The number of thiazole rings is 1. The number of hydrogen-bond acceptors (Lipinski definition) is 3. The molecule has 1 heterocycles. The molecule has 1 aromatic carbocycles. The van der Waals surface area contributed by atoms with Gasteiger partial charge in [-0.15, -0.1) is 11.3 Å². The molecule has 2 nitrogen and oxygen atoms in total. The van der Waals surface area contributed by atoms with E-state index >= 15 is 0 Å². The molecule has 0 aliphatic heterocycles. The molecular weight excluding hydrogens is 295 g/mol. The predicted octanol–water partition coefficient (Wildman–Crippen LogP) is 4.53. The van der Waals surface area contributed by atoms with Gasteiger partial charge in [-0.3, -0.25) is 0 Å². The van der Waals surface area contributed by atoms with E-state index in [0.29, 0.717) is 11.4 Å². The molecule has 1 atom stereocenters. The van der Waals surface area contributed by atoms with Gasteiger partial charge in [-0.05, 0) is 50.1 Å². The molecule has 0 saturated heterocycles. The third kappa shape index (κ3) is 4.01. The van der Waals surface area contributed by atoms with E-state index in [1.165, 1.54) is 12.1 Å². The molecule has 0 aliphatic carbocycles. The summed E-state index contributed by atoms with van der Waals surface area (Å²) in [7, 11) is 0. The lowest BCUT2D eigenvalue weighted by Crippen LogP contribution is -2.23. The number of nitrogens with zero attached hydrogens (tertiary/aromatic N) is 1. The van der Waals surface area contributed by atoms with Crippen LogP contribution in [0.4, 0.5) is 4.39 Å². The second-order valence-corrected chi connectivity index (χ2v) is 6.40. The van der Waals surface area contributed by atoms with E-state index in [0.717, 1.165) is 28.4 Å². The van der Waals surface area contributed by atoms with Crippen LogP contribution in [0.5, 0.6) is 0 Å². The maximum absolute atomic E-state index is 13.4. The summed E-state index contributed by atoms with van der Waals surface area (Å²) < 4.78 is 13.4. The van der Waals surface area contributed by atoms with Crippen LogP contribution in [-0.4, -0.2) is 11.5 Å². The van der Waals surface area contributed by atoms with Crippen molar-refractivity contribution in [1.29, 1.82) is 0 Å². The van der Waals surface area contributed by atoms with Gasteiger partial charge >= 0.3 is 0 Å². The van der Waals surface area contributed by atoms with Gasteiger partial charge in [0.05, 0.1) is 5.01 Å². The molecular formula is C15H18ClFN2S. The molecule has 0 fully saturated rings. The van der Waals surface area contributed by atoms with Gasteiger partial charge < -0.3 is 5.32 Å². The molecule has 2 aromatic rings. The summed E-state index contributed by atoms with van der Waals surface area (Å²) in [5, 5.41) is 5.13. The standard InChI is InChI=1S/C15H18ClFN2S/c1-3-6-18-14(15-9-19-10(2)20-15)8-11-7-12(17)4-5-13(11)16/h4-5,7,9,14,18H,3,6,8H2,1-2H3. The Balaban J connectivity index is 2.21. The van der Waals surface area contributed by atoms with Crippen LogP contribution in [0.3, 0.4) is 0 Å². The summed E-state index contributed by atoms with van der Waals surface area (Å²) in [5.74, 6) is -0.251. The Morgan fingerprint density at radius 1 is 1.45 bits per heavy atom. The molecule has 108 valence electrons. The highest BCUT2D eigenvalue weighted by atomic mass is 35.5. The highest BCUT2D eigenvalue weighted by Gasteiger charge is 2.16. The summed E-state index contributed by atoms with van der Waals surface area (Å²) in [6, 6.07) is 4.63. The number of benzene rings is 1. The van der Waals surface area contributed by atoms with Crippen molar-refractivity contribution >= 4 is 22.9 Å². The number of aryl methyl sites for hydroxylation is 1. The zero-order valence-electron chi connectivity index (χ0n) is 11.6. The van der Waals surface area contributed by atoms with Crippen molar-refractivity contribution in [3.8, 4) is 0 Å². The van der Waals surface area contributed by atoms with E-state index in [9.17, 15) is 4.39 Å². The van der Waals surface area contributed by atoms with Crippen molar-refractivity contribution in [3.05, 3.63) is 50.7 Å². The average molecular weight is 313 g/mol. The Bertz CT molecular complexity index is 571. The van der Waals surface area contributed by atoms with Crippen molar-refractivity contribution in [2.75, 3.05) is 6.54 Å². The monoisotopic (exact) mass is 312 g/mol. The van der Waals surface area contributed by atoms with Gasteiger partial charge in [-0.25, -0.2) is 9.37 Å². The van der Waals surface area contributed by atoms with Gasteiger partial charge in [0.2, 0.25) is 0 Å². The lowest BCUT2D eigenvalue weighted by atomic mass is 10.0. The van der Waals surface area contributed by atoms with Crippen molar-refractivity contribution in [1.82, 2.24) is 10.3 Å². The molecule has 0 amide bonds. The lowest BCUT2D eigenvalue weighted by Gasteiger charge is -2.17. The van der Waals surface area contributed by atoms with E-state index < -0.39 is 0 Å². The van der Waals surface area contributed by atoms with Crippen LogP contribution in [0.2, 0.25) is 5.02 Å². The van der Waals surface area contributed by atoms with Gasteiger partial charge in [0.15, 0.2) is 0 Å². The molecule has 0 radical (unpaired) electrons. The lowest BCUT2D eigenvalue weighted by molar-refractivity contribution is 0.533. The maximum atomic E-state index is 13.4. The summed E-state index contributed by atoms with van der Waals surface area (Å²) in [5.41, 5.74) is 0.825. The first-order chi connectivity index (χ1) is 9.60. The average Bonchev–Trinajstić information content (AvgIpc) is 2.85. The summed E-state index contributed by atoms with van der Waals surface area (Å²) in [6.45, 7) is 5.02. The fourth-order valence-corrected chi connectivity index (χ4v) is 3.11. The third-order valence-corrected chi connectivity index (χ3v) is 4.45. The SMILES string of the molecule is CCCNC(Cc1cc(F)ccc1Cl)c1cnc(C)s1. The molecule has 0 saturated carbocycles. The molecule has 0 aliphatic rings. The van der Waals surface area contributed by atoms with Crippen LogP contribution in [0.1, 0.15) is 34.8 Å². The Morgan fingerprint density at radius 2 is 2.25 bits per heavy atom. The zero-order valence-corrected chi connectivity index (χ0v) is 13.2. The number of rotatable bonds is 6. The van der Waals surface area contributed by atoms with Crippen LogP contribution in [0.25, 0.3) is 0 Å². The largest absolute Gasteiger partial charge is 0.309 e. The fourth-order valence-electron chi connectivity index (χ4n) is 2.05. The molecule has 0 spiro atoms. The second kappa shape index (κ2) is 7.16. The zero-order chi connectivity index (χ0) is 14.5. The van der Waals surface area contributed by atoms with Gasteiger partial charge in [-0.2, -0.15) is 0 Å². The molecule has 5 heteroatoms. The van der Waals surface area contributed by atoms with Crippen molar-refractivity contribution in [2.24, 2.45) is 0 Å². The van der Waals surface area contributed by atoms with Crippen molar-refractivity contribution < 1.29 is 4.39 Å². The highest BCUT2D eigenvalue weighted by molar-refractivity contribution is 7.11. The van der Waals surface area contributed by atoms with Crippen LogP contribution in [0.15, 0.2) is 24.4 Å². The van der Waals surface area contributed by atoms with Crippen molar-refractivity contribution in [3.63, 3.8) is 0 Å². The Kier molecular flexibility index (Phi) is 5.52.